The second-order valence-corrected chi connectivity index (χ2v) is 4.88. The van der Waals surface area contributed by atoms with E-state index in [4.69, 9.17) is 5.73 Å². The van der Waals surface area contributed by atoms with Crippen molar-refractivity contribution in [3.05, 3.63) is 41.3 Å². The van der Waals surface area contributed by atoms with Crippen LogP contribution in [0.2, 0.25) is 0 Å². The summed E-state index contributed by atoms with van der Waals surface area (Å²) < 4.78 is 16.9. The van der Waals surface area contributed by atoms with Gasteiger partial charge in [-0.15, -0.1) is 0 Å². The molecule has 20 heavy (non-hydrogen) atoms. The molecule has 0 aliphatic rings. The number of benzene rings is 1. The predicted molar refractivity (Wildman–Crippen MR) is 75.8 cm³/mol. The Morgan fingerprint density at radius 3 is 2.90 bits per heavy atom. The van der Waals surface area contributed by atoms with Gasteiger partial charge in [-0.25, -0.2) is 9.37 Å². The average molecular weight is 273 g/mol. The molecule has 0 bridgehead atoms. The van der Waals surface area contributed by atoms with Crippen LogP contribution in [0, 0.1) is 12.7 Å². The summed E-state index contributed by atoms with van der Waals surface area (Å²) in [7, 11) is 1.87. The van der Waals surface area contributed by atoms with E-state index in [1.807, 2.05) is 24.6 Å². The lowest BCUT2D eigenvalue weighted by atomic mass is 10.1. The number of rotatable bonds is 3. The minimum Gasteiger partial charge on any atom is -0.369 e. The molecular weight excluding hydrogens is 257 g/mol. The van der Waals surface area contributed by atoms with E-state index in [2.05, 4.69) is 10.1 Å². The number of nitrogen functional groups attached to an aromatic ring is 1. The number of nitrogens with two attached hydrogens (primary N) is 1. The van der Waals surface area contributed by atoms with Gasteiger partial charge in [-0.3, -0.25) is 9.25 Å². The van der Waals surface area contributed by atoms with Crippen LogP contribution in [0.5, 0.6) is 0 Å². The molecule has 0 amide bonds. The summed E-state index contributed by atoms with van der Waals surface area (Å²) in [5.74, 6) is 0.245. The number of aromatic nitrogens is 4. The number of imidazole rings is 1. The summed E-state index contributed by atoms with van der Waals surface area (Å²) in [5.41, 5.74) is 9.48. The number of anilines is 1. The van der Waals surface area contributed by atoms with Gasteiger partial charge >= 0.3 is 0 Å². The monoisotopic (exact) mass is 273 g/mol. The standard InChI is InChI=1S/C14H16FN5/c1-9-12-13(19(2)18-9)20(14(16)17-12)7-6-10-4-3-5-11(15)8-10/h3-5,8H,6-7H2,1-2H3,(H2,16,17). The second kappa shape index (κ2) is 4.63. The quantitative estimate of drug-likeness (QED) is 0.794. The molecule has 0 spiro atoms. The molecule has 3 rings (SSSR count). The van der Waals surface area contributed by atoms with Crippen LogP contribution in [0.25, 0.3) is 11.2 Å². The van der Waals surface area contributed by atoms with Gasteiger partial charge < -0.3 is 5.73 Å². The Hall–Kier alpha value is -2.37. The molecular formula is C14H16FN5. The lowest BCUT2D eigenvalue weighted by Crippen LogP contribution is -2.08. The topological polar surface area (TPSA) is 61.7 Å². The Labute approximate surface area is 115 Å². The van der Waals surface area contributed by atoms with Crippen molar-refractivity contribution in [2.45, 2.75) is 19.9 Å². The fourth-order valence-corrected chi connectivity index (χ4v) is 2.51. The summed E-state index contributed by atoms with van der Waals surface area (Å²) in [6.07, 6.45) is 0.692. The molecule has 2 heterocycles. The number of fused-ring (bicyclic) bond motifs is 1. The lowest BCUT2D eigenvalue weighted by Gasteiger charge is -2.07. The van der Waals surface area contributed by atoms with E-state index in [9.17, 15) is 4.39 Å². The molecule has 5 nitrogen and oxygen atoms in total. The first-order valence-electron chi connectivity index (χ1n) is 6.46. The molecule has 104 valence electrons. The maximum Gasteiger partial charge on any atom is 0.202 e. The third-order valence-electron chi connectivity index (χ3n) is 3.43. The second-order valence-electron chi connectivity index (χ2n) is 4.88. The Morgan fingerprint density at radius 2 is 2.15 bits per heavy atom. The minimum atomic E-state index is -0.220. The lowest BCUT2D eigenvalue weighted by molar-refractivity contribution is 0.621. The zero-order chi connectivity index (χ0) is 14.3. The van der Waals surface area contributed by atoms with Crippen LogP contribution in [0.3, 0.4) is 0 Å². The number of nitrogens with zero attached hydrogens (tertiary/aromatic N) is 4. The first-order valence-corrected chi connectivity index (χ1v) is 6.46. The Balaban J connectivity index is 1.93. The van der Waals surface area contributed by atoms with E-state index in [0.29, 0.717) is 18.9 Å². The van der Waals surface area contributed by atoms with Gasteiger partial charge in [0.05, 0.1) is 5.69 Å². The van der Waals surface area contributed by atoms with Crippen LogP contribution < -0.4 is 5.73 Å². The van der Waals surface area contributed by atoms with Gasteiger partial charge in [-0.1, -0.05) is 12.1 Å². The number of hydrogen-bond acceptors (Lipinski definition) is 3. The van der Waals surface area contributed by atoms with E-state index in [1.54, 1.807) is 16.8 Å². The van der Waals surface area contributed by atoms with Crippen LogP contribution >= 0.6 is 0 Å². The van der Waals surface area contributed by atoms with Crippen molar-refractivity contribution in [2.75, 3.05) is 5.73 Å². The summed E-state index contributed by atoms with van der Waals surface area (Å²) in [5, 5.41) is 4.34. The minimum absolute atomic E-state index is 0.220. The van der Waals surface area contributed by atoms with E-state index < -0.39 is 0 Å². The Bertz CT molecular complexity index is 771. The van der Waals surface area contributed by atoms with Gasteiger partial charge in [-0.2, -0.15) is 5.10 Å². The highest BCUT2D eigenvalue weighted by Gasteiger charge is 2.15. The van der Waals surface area contributed by atoms with Crippen LogP contribution in [0.15, 0.2) is 24.3 Å². The molecule has 0 saturated carbocycles. The third kappa shape index (κ3) is 2.03. The van der Waals surface area contributed by atoms with Crippen LogP contribution in [-0.4, -0.2) is 19.3 Å². The maximum absolute atomic E-state index is 13.2. The highest BCUT2D eigenvalue weighted by Crippen LogP contribution is 2.20. The molecule has 0 atom stereocenters. The van der Waals surface area contributed by atoms with Gasteiger partial charge in [-0.05, 0) is 31.0 Å². The van der Waals surface area contributed by atoms with Crippen molar-refractivity contribution in [3.63, 3.8) is 0 Å². The highest BCUT2D eigenvalue weighted by atomic mass is 19.1. The fraction of sp³-hybridized carbons (Fsp3) is 0.286. The first-order chi connectivity index (χ1) is 9.56. The van der Waals surface area contributed by atoms with Crippen molar-refractivity contribution >= 4 is 17.1 Å². The number of hydrogen-bond donors (Lipinski definition) is 1. The van der Waals surface area contributed by atoms with E-state index in [1.165, 1.54) is 6.07 Å². The van der Waals surface area contributed by atoms with Crippen molar-refractivity contribution in [3.8, 4) is 0 Å². The smallest absolute Gasteiger partial charge is 0.202 e. The molecule has 6 heteroatoms. The Morgan fingerprint density at radius 1 is 1.35 bits per heavy atom. The molecule has 0 fully saturated rings. The highest BCUT2D eigenvalue weighted by molar-refractivity contribution is 5.77. The van der Waals surface area contributed by atoms with E-state index in [-0.39, 0.29) is 5.82 Å². The molecule has 2 aromatic heterocycles. The van der Waals surface area contributed by atoms with Crippen molar-refractivity contribution < 1.29 is 4.39 Å². The normalized spacial score (nSPS) is 11.3. The van der Waals surface area contributed by atoms with Gasteiger partial charge in [0.15, 0.2) is 5.65 Å². The third-order valence-corrected chi connectivity index (χ3v) is 3.43. The van der Waals surface area contributed by atoms with Crippen LogP contribution in [0.4, 0.5) is 10.3 Å². The largest absolute Gasteiger partial charge is 0.369 e. The Kier molecular flexibility index (Phi) is 2.93. The molecule has 0 unspecified atom stereocenters. The summed E-state index contributed by atoms with van der Waals surface area (Å²) in [6, 6.07) is 6.60. The van der Waals surface area contributed by atoms with Crippen LogP contribution in [0.1, 0.15) is 11.3 Å². The summed E-state index contributed by atoms with van der Waals surface area (Å²) in [4.78, 5) is 4.35. The molecule has 0 aliphatic heterocycles. The summed E-state index contributed by atoms with van der Waals surface area (Å²) in [6.45, 7) is 2.55. The maximum atomic E-state index is 13.2. The van der Waals surface area contributed by atoms with Gasteiger partial charge in [0.1, 0.15) is 11.3 Å². The zero-order valence-electron chi connectivity index (χ0n) is 11.5. The van der Waals surface area contributed by atoms with Crippen molar-refractivity contribution in [2.24, 2.45) is 7.05 Å². The zero-order valence-corrected chi connectivity index (χ0v) is 11.5. The van der Waals surface area contributed by atoms with Gasteiger partial charge in [0.2, 0.25) is 5.95 Å². The van der Waals surface area contributed by atoms with Gasteiger partial charge in [0, 0.05) is 13.6 Å². The molecule has 2 N–H and O–H groups in total. The molecule has 0 aliphatic carbocycles. The number of aryl methyl sites for hydroxylation is 4. The van der Waals surface area contributed by atoms with Crippen molar-refractivity contribution in [1.29, 1.82) is 0 Å². The fourth-order valence-electron chi connectivity index (χ4n) is 2.51. The van der Waals surface area contributed by atoms with E-state index >= 15 is 0 Å². The molecule has 3 aromatic rings. The molecule has 0 radical (unpaired) electrons. The number of halogens is 1. The molecule has 0 saturated heterocycles. The van der Waals surface area contributed by atoms with Gasteiger partial charge in [0.25, 0.3) is 0 Å². The van der Waals surface area contributed by atoms with E-state index in [0.717, 1.165) is 22.4 Å². The SMILES string of the molecule is Cc1nn(C)c2c1nc(N)n2CCc1cccc(F)c1. The average Bonchev–Trinajstić information content (AvgIpc) is 2.86. The van der Waals surface area contributed by atoms with Crippen molar-refractivity contribution in [1.82, 2.24) is 19.3 Å². The first kappa shape index (κ1) is 12.7. The predicted octanol–water partition coefficient (Wildman–Crippen LogP) is 2.04. The van der Waals surface area contributed by atoms with Crippen LogP contribution in [-0.2, 0) is 20.0 Å². The molecule has 1 aromatic carbocycles. The summed E-state index contributed by atoms with van der Waals surface area (Å²) >= 11 is 0.